The van der Waals surface area contributed by atoms with Crippen molar-refractivity contribution in [2.24, 2.45) is 0 Å². The number of ether oxygens (including phenoxy) is 1. The highest BCUT2D eigenvalue weighted by atomic mass is 32.1. The van der Waals surface area contributed by atoms with Gasteiger partial charge in [0.25, 0.3) is 0 Å². The zero-order valence-corrected chi connectivity index (χ0v) is 11.6. The standard InChI is InChI=1S/C12H19N3O2S/c1-3-10-8(2)18-12(14-10)15-11(16)13-7-9-5-4-6-17-9/h9H,3-7H2,1-2H3,(H2,13,14,15,16). The summed E-state index contributed by atoms with van der Waals surface area (Å²) < 4.78 is 5.44. The largest absolute Gasteiger partial charge is 0.376 e. The van der Waals surface area contributed by atoms with E-state index in [1.54, 1.807) is 0 Å². The van der Waals surface area contributed by atoms with Gasteiger partial charge in [0.05, 0.1) is 11.8 Å². The molecule has 1 aliphatic rings. The summed E-state index contributed by atoms with van der Waals surface area (Å²) in [6.07, 6.45) is 3.16. The number of carbonyl (C=O) groups is 1. The van der Waals surface area contributed by atoms with Crippen LogP contribution in [0, 0.1) is 6.92 Å². The summed E-state index contributed by atoms with van der Waals surface area (Å²) in [7, 11) is 0. The molecule has 6 heteroatoms. The van der Waals surface area contributed by atoms with Crippen molar-refractivity contribution in [3.8, 4) is 0 Å². The number of aromatic nitrogens is 1. The first-order valence-corrected chi connectivity index (χ1v) is 7.13. The molecule has 18 heavy (non-hydrogen) atoms. The molecule has 2 N–H and O–H groups in total. The first-order chi connectivity index (χ1) is 8.69. The molecule has 1 fully saturated rings. The Morgan fingerprint density at radius 3 is 3.06 bits per heavy atom. The number of hydrogen-bond acceptors (Lipinski definition) is 4. The second-order valence-corrected chi connectivity index (χ2v) is 5.55. The molecule has 0 aromatic carbocycles. The fourth-order valence-electron chi connectivity index (χ4n) is 1.96. The van der Waals surface area contributed by atoms with Crippen LogP contribution < -0.4 is 10.6 Å². The van der Waals surface area contributed by atoms with E-state index in [2.05, 4.69) is 22.5 Å². The van der Waals surface area contributed by atoms with Crippen molar-refractivity contribution in [1.29, 1.82) is 0 Å². The van der Waals surface area contributed by atoms with Crippen LogP contribution in [0.25, 0.3) is 0 Å². The lowest BCUT2D eigenvalue weighted by atomic mass is 10.2. The average Bonchev–Trinajstić information content (AvgIpc) is 2.96. The van der Waals surface area contributed by atoms with Gasteiger partial charge < -0.3 is 10.1 Å². The van der Waals surface area contributed by atoms with Gasteiger partial charge in [0.15, 0.2) is 5.13 Å². The number of anilines is 1. The van der Waals surface area contributed by atoms with Crippen LogP contribution in [-0.4, -0.2) is 30.3 Å². The summed E-state index contributed by atoms with van der Waals surface area (Å²) in [5.41, 5.74) is 1.05. The molecule has 0 bridgehead atoms. The highest BCUT2D eigenvalue weighted by Crippen LogP contribution is 2.22. The predicted molar refractivity (Wildman–Crippen MR) is 72.2 cm³/mol. The first-order valence-electron chi connectivity index (χ1n) is 6.31. The average molecular weight is 269 g/mol. The molecule has 0 spiro atoms. The number of carbonyl (C=O) groups excluding carboxylic acids is 1. The Balaban J connectivity index is 1.79. The quantitative estimate of drug-likeness (QED) is 0.881. The molecule has 0 saturated carbocycles. The summed E-state index contributed by atoms with van der Waals surface area (Å²) in [4.78, 5) is 17.2. The number of nitrogens with one attached hydrogen (secondary N) is 2. The van der Waals surface area contributed by atoms with E-state index in [4.69, 9.17) is 4.74 Å². The highest BCUT2D eigenvalue weighted by Gasteiger charge is 2.16. The Kier molecular flexibility index (Phi) is 4.54. The number of nitrogens with zero attached hydrogens (tertiary/aromatic N) is 1. The van der Waals surface area contributed by atoms with Crippen LogP contribution >= 0.6 is 11.3 Å². The van der Waals surface area contributed by atoms with E-state index in [0.717, 1.165) is 36.4 Å². The third-order valence-electron chi connectivity index (χ3n) is 2.96. The second-order valence-electron chi connectivity index (χ2n) is 4.35. The monoisotopic (exact) mass is 269 g/mol. The first kappa shape index (κ1) is 13.3. The lowest BCUT2D eigenvalue weighted by molar-refractivity contribution is 0.112. The van der Waals surface area contributed by atoms with Gasteiger partial charge in [-0.05, 0) is 26.2 Å². The molecule has 2 heterocycles. The van der Waals surface area contributed by atoms with Gasteiger partial charge in [0.2, 0.25) is 0 Å². The van der Waals surface area contributed by atoms with Crippen molar-refractivity contribution in [1.82, 2.24) is 10.3 Å². The van der Waals surface area contributed by atoms with Gasteiger partial charge in [-0.1, -0.05) is 6.92 Å². The fourth-order valence-corrected chi connectivity index (χ4v) is 2.86. The van der Waals surface area contributed by atoms with Gasteiger partial charge in [0.1, 0.15) is 0 Å². The molecular formula is C12H19N3O2S. The van der Waals surface area contributed by atoms with Crippen molar-refractivity contribution in [2.45, 2.75) is 39.2 Å². The molecular weight excluding hydrogens is 250 g/mol. The molecule has 2 amide bonds. The van der Waals surface area contributed by atoms with Crippen LogP contribution in [0.1, 0.15) is 30.3 Å². The topological polar surface area (TPSA) is 63.2 Å². The molecule has 2 rings (SSSR count). The number of rotatable bonds is 4. The van der Waals surface area contributed by atoms with Crippen molar-refractivity contribution in [3.63, 3.8) is 0 Å². The van der Waals surface area contributed by atoms with Crippen LogP contribution in [-0.2, 0) is 11.2 Å². The third-order valence-corrected chi connectivity index (χ3v) is 3.89. The highest BCUT2D eigenvalue weighted by molar-refractivity contribution is 7.15. The van der Waals surface area contributed by atoms with Gasteiger partial charge in [-0.3, -0.25) is 5.32 Å². The molecule has 1 aromatic rings. The van der Waals surface area contributed by atoms with Gasteiger partial charge in [0, 0.05) is 18.0 Å². The minimum absolute atomic E-state index is 0.167. The maximum atomic E-state index is 11.7. The summed E-state index contributed by atoms with van der Waals surface area (Å²) in [6, 6.07) is -0.207. The Bertz CT molecular complexity index is 413. The number of urea groups is 1. The Morgan fingerprint density at radius 1 is 1.61 bits per heavy atom. The Hall–Kier alpha value is -1.14. The molecule has 5 nitrogen and oxygen atoms in total. The van der Waals surface area contributed by atoms with Crippen molar-refractivity contribution < 1.29 is 9.53 Å². The summed E-state index contributed by atoms with van der Waals surface area (Å²) >= 11 is 1.51. The van der Waals surface area contributed by atoms with Crippen LogP contribution in [0.4, 0.5) is 9.93 Å². The van der Waals surface area contributed by atoms with E-state index in [9.17, 15) is 4.79 Å². The van der Waals surface area contributed by atoms with Crippen LogP contribution in [0.5, 0.6) is 0 Å². The summed E-state index contributed by atoms with van der Waals surface area (Å²) in [6.45, 7) is 5.45. The van der Waals surface area contributed by atoms with Crippen LogP contribution in [0.3, 0.4) is 0 Å². The van der Waals surface area contributed by atoms with Crippen LogP contribution in [0.15, 0.2) is 0 Å². The van der Waals surface area contributed by atoms with Gasteiger partial charge >= 0.3 is 6.03 Å². The van der Waals surface area contributed by atoms with Crippen molar-refractivity contribution in [3.05, 3.63) is 10.6 Å². The third kappa shape index (κ3) is 3.43. The molecule has 100 valence electrons. The smallest absolute Gasteiger partial charge is 0.321 e. The fraction of sp³-hybridized carbons (Fsp3) is 0.667. The zero-order chi connectivity index (χ0) is 13.0. The lowest BCUT2D eigenvalue weighted by Gasteiger charge is -2.10. The van der Waals surface area contributed by atoms with Gasteiger partial charge in [-0.2, -0.15) is 0 Å². The number of amides is 2. The zero-order valence-electron chi connectivity index (χ0n) is 10.8. The van der Waals surface area contributed by atoms with Crippen molar-refractivity contribution >= 4 is 22.5 Å². The minimum atomic E-state index is -0.207. The molecule has 0 radical (unpaired) electrons. The molecule has 0 aliphatic carbocycles. The Morgan fingerprint density at radius 2 is 2.44 bits per heavy atom. The maximum Gasteiger partial charge on any atom is 0.321 e. The van der Waals surface area contributed by atoms with E-state index >= 15 is 0 Å². The lowest BCUT2D eigenvalue weighted by Crippen LogP contribution is -2.35. The normalized spacial score (nSPS) is 18.9. The van der Waals surface area contributed by atoms with Crippen LogP contribution in [0.2, 0.25) is 0 Å². The van der Waals surface area contributed by atoms with Gasteiger partial charge in [-0.25, -0.2) is 9.78 Å². The van der Waals surface area contributed by atoms with E-state index in [1.165, 1.54) is 11.3 Å². The number of hydrogen-bond donors (Lipinski definition) is 2. The predicted octanol–water partition coefficient (Wildman–Crippen LogP) is 2.31. The number of thiazole rings is 1. The molecule has 1 aliphatic heterocycles. The summed E-state index contributed by atoms with van der Waals surface area (Å²) in [5.74, 6) is 0. The summed E-state index contributed by atoms with van der Waals surface area (Å²) in [5, 5.41) is 6.24. The van der Waals surface area contributed by atoms with E-state index < -0.39 is 0 Å². The minimum Gasteiger partial charge on any atom is -0.376 e. The Labute approximate surface area is 111 Å². The van der Waals surface area contributed by atoms with E-state index in [-0.39, 0.29) is 12.1 Å². The SMILES string of the molecule is CCc1nc(NC(=O)NCC2CCCO2)sc1C. The number of aryl methyl sites for hydroxylation is 2. The van der Waals surface area contributed by atoms with Gasteiger partial charge in [-0.15, -0.1) is 11.3 Å². The van der Waals surface area contributed by atoms with Crippen molar-refractivity contribution in [2.75, 3.05) is 18.5 Å². The molecule has 1 unspecified atom stereocenters. The maximum absolute atomic E-state index is 11.7. The van der Waals surface area contributed by atoms with E-state index in [0.29, 0.717) is 11.7 Å². The molecule has 1 saturated heterocycles. The molecule has 1 aromatic heterocycles. The molecule has 1 atom stereocenters. The van der Waals surface area contributed by atoms with E-state index in [1.807, 2.05) is 6.92 Å². The second kappa shape index (κ2) is 6.15.